The Morgan fingerprint density at radius 1 is 1.11 bits per heavy atom. The number of carbonyl (C=O) groups excluding carboxylic acids is 1. The molecule has 0 amide bonds. The zero-order chi connectivity index (χ0) is 18.8. The second-order valence-electron chi connectivity index (χ2n) is 6.04. The molecule has 0 spiro atoms. The summed E-state index contributed by atoms with van der Waals surface area (Å²) in [5, 5.41) is 4.14. The van der Waals surface area contributed by atoms with Crippen molar-refractivity contribution in [3.63, 3.8) is 0 Å². The van der Waals surface area contributed by atoms with Gasteiger partial charge in [0.05, 0.1) is 16.9 Å². The van der Waals surface area contributed by atoms with Crippen LogP contribution in [-0.2, 0) is 11.3 Å². The first-order valence-electron chi connectivity index (χ1n) is 8.37. The highest BCUT2D eigenvalue weighted by molar-refractivity contribution is 5.89. The van der Waals surface area contributed by atoms with Gasteiger partial charge in [-0.25, -0.2) is 14.5 Å². The standard InChI is InChI=1S/C20H16N4O3/c1-14-4-2-10-23-18(25)12-16(22-19(14)23)13-27-20(26)15-5-7-17(8-6-15)24-11-3-9-21-24/h2-12H,13H2,1H3. The highest BCUT2D eigenvalue weighted by atomic mass is 16.5. The van der Waals surface area contributed by atoms with Gasteiger partial charge in [-0.05, 0) is 48.9 Å². The summed E-state index contributed by atoms with van der Waals surface area (Å²) in [7, 11) is 0. The van der Waals surface area contributed by atoms with Crippen LogP contribution in [0.2, 0.25) is 0 Å². The second kappa shape index (κ2) is 6.87. The van der Waals surface area contributed by atoms with Crippen molar-refractivity contribution < 1.29 is 9.53 Å². The van der Waals surface area contributed by atoms with Crippen LogP contribution in [0.25, 0.3) is 11.3 Å². The van der Waals surface area contributed by atoms with Crippen molar-refractivity contribution in [1.29, 1.82) is 0 Å². The molecule has 7 heteroatoms. The average Bonchev–Trinajstić information content (AvgIpc) is 3.22. The first-order valence-corrected chi connectivity index (χ1v) is 8.37. The number of rotatable bonds is 4. The van der Waals surface area contributed by atoms with Gasteiger partial charge in [-0.2, -0.15) is 5.10 Å². The van der Waals surface area contributed by atoms with E-state index in [0.717, 1.165) is 11.3 Å². The molecule has 134 valence electrons. The van der Waals surface area contributed by atoms with Crippen LogP contribution in [-0.4, -0.2) is 25.1 Å². The molecule has 4 aromatic rings. The number of aromatic nitrogens is 4. The Hall–Kier alpha value is -3.74. The Labute approximate surface area is 154 Å². The lowest BCUT2D eigenvalue weighted by atomic mass is 10.2. The number of pyridine rings is 1. The van der Waals surface area contributed by atoms with E-state index in [0.29, 0.717) is 16.9 Å². The monoisotopic (exact) mass is 360 g/mol. The third kappa shape index (κ3) is 3.35. The number of aryl methyl sites for hydroxylation is 1. The normalized spacial score (nSPS) is 10.9. The summed E-state index contributed by atoms with van der Waals surface area (Å²) < 4.78 is 8.48. The van der Waals surface area contributed by atoms with E-state index in [-0.39, 0.29) is 12.2 Å². The van der Waals surface area contributed by atoms with Crippen LogP contribution in [0, 0.1) is 6.92 Å². The number of ether oxygens (including phenoxy) is 1. The zero-order valence-electron chi connectivity index (χ0n) is 14.6. The molecule has 7 nitrogen and oxygen atoms in total. The lowest BCUT2D eigenvalue weighted by Gasteiger charge is -2.08. The molecule has 0 aliphatic heterocycles. The number of benzene rings is 1. The van der Waals surface area contributed by atoms with Crippen LogP contribution in [0.3, 0.4) is 0 Å². The summed E-state index contributed by atoms with van der Waals surface area (Å²) in [4.78, 5) is 28.9. The second-order valence-corrected chi connectivity index (χ2v) is 6.04. The van der Waals surface area contributed by atoms with E-state index in [2.05, 4.69) is 10.1 Å². The molecule has 27 heavy (non-hydrogen) atoms. The molecule has 1 aromatic carbocycles. The summed E-state index contributed by atoms with van der Waals surface area (Å²) in [6, 6.07) is 13.8. The maximum absolute atomic E-state index is 12.3. The molecular weight excluding hydrogens is 344 g/mol. The number of fused-ring (bicyclic) bond motifs is 1. The molecule has 0 fully saturated rings. The third-order valence-corrected chi connectivity index (χ3v) is 4.16. The molecule has 0 saturated carbocycles. The molecule has 4 rings (SSSR count). The van der Waals surface area contributed by atoms with Gasteiger partial charge in [-0.15, -0.1) is 0 Å². The quantitative estimate of drug-likeness (QED) is 0.523. The predicted octanol–water partition coefficient (Wildman–Crippen LogP) is 2.55. The summed E-state index contributed by atoms with van der Waals surface area (Å²) in [6.45, 7) is 1.80. The van der Waals surface area contributed by atoms with Crippen molar-refractivity contribution in [3.05, 3.63) is 94.3 Å². The maximum atomic E-state index is 12.3. The molecule has 0 N–H and O–H groups in total. The van der Waals surface area contributed by atoms with Crippen molar-refractivity contribution >= 4 is 11.6 Å². The van der Waals surface area contributed by atoms with E-state index in [1.165, 1.54) is 10.5 Å². The number of esters is 1. The minimum atomic E-state index is -0.478. The van der Waals surface area contributed by atoms with Gasteiger partial charge in [0.2, 0.25) is 0 Å². The van der Waals surface area contributed by atoms with Crippen molar-refractivity contribution in [2.45, 2.75) is 13.5 Å². The van der Waals surface area contributed by atoms with Crippen molar-refractivity contribution in [1.82, 2.24) is 19.2 Å². The van der Waals surface area contributed by atoms with Crippen LogP contribution >= 0.6 is 0 Å². The number of nitrogens with zero attached hydrogens (tertiary/aromatic N) is 4. The largest absolute Gasteiger partial charge is 0.456 e. The van der Waals surface area contributed by atoms with Gasteiger partial charge in [-0.3, -0.25) is 9.20 Å². The minimum Gasteiger partial charge on any atom is -0.456 e. The number of carbonyl (C=O) groups is 1. The molecule has 3 heterocycles. The van der Waals surface area contributed by atoms with Gasteiger partial charge >= 0.3 is 5.97 Å². The fourth-order valence-corrected chi connectivity index (χ4v) is 2.78. The topological polar surface area (TPSA) is 78.5 Å². The first kappa shape index (κ1) is 16.7. The summed E-state index contributed by atoms with van der Waals surface area (Å²) >= 11 is 0. The fraction of sp³-hybridized carbons (Fsp3) is 0.100. The molecule has 3 aromatic heterocycles. The average molecular weight is 360 g/mol. The molecular formula is C20H16N4O3. The summed E-state index contributed by atoms with van der Waals surface area (Å²) in [5.41, 5.74) is 2.89. The Kier molecular flexibility index (Phi) is 4.25. The van der Waals surface area contributed by atoms with E-state index in [4.69, 9.17) is 4.74 Å². The fourth-order valence-electron chi connectivity index (χ4n) is 2.78. The first-order chi connectivity index (χ1) is 13.1. The Bertz CT molecular complexity index is 1160. The Morgan fingerprint density at radius 3 is 2.67 bits per heavy atom. The van der Waals surface area contributed by atoms with E-state index in [9.17, 15) is 9.59 Å². The van der Waals surface area contributed by atoms with Crippen LogP contribution < -0.4 is 5.56 Å². The van der Waals surface area contributed by atoms with Crippen molar-refractivity contribution in [3.8, 4) is 5.69 Å². The zero-order valence-corrected chi connectivity index (χ0v) is 14.6. The molecule has 0 saturated heterocycles. The van der Waals surface area contributed by atoms with E-state index in [1.807, 2.05) is 25.3 Å². The van der Waals surface area contributed by atoms with E-state index in [1.54, 1.807) is 47.4 Å². The third-order valence-electron chi connectivity index (χ3n) is 4.16. The van der Waals surface area contributed by atoms with Crippen molar-refractivity contribution in [2.24, 2.45) is 0 Å². The molecule has 0 aliphatic carbocycles. The molecule has 0 aliphatic rings. The maximum Gasteiger partial charge on any atom is 0.338 e. The van der Waals surface area contributed by atoms with Crippen LogP contribution in [0.1, 0.15) is 21.6 Å². The van der Waals surface area contributed by atoms with Crippen molar-refractivity contribution in [2.75, 3.05) is 0 Å². The smallest absolute Gasteiger partial charge is 0.338 e. The summed E-state index contributed by atoms with van der Waals surface area (Å²) in [6.07, 6.45) is 5.16. The Morgan fingerprint density at radius 2 is 1.93 bits per heavy atom. The van der Waals surface area contributed by atoms with Crippen LogP contribution in [0.4, 0.5) is 0 Å². The summed E-state index contributed by atoms with van der Waals surface area (Å²) in [5.74, 6) is -0.478. The van der Waals surface area contributed by atoms with Gasteiger partial charge < -0.3 is 4.74 Å². The SMILES string of the molecule is Cc1cccn2c(=O)cc(COC(=O)c3ccc(-n4cccn4)cc3)nc12. The highest BCUT2D eigenvalue weighted by Gasteiger charge is 2.10. The van der Waals surface area contributed by atoms with Gasteiger partial charge in [0.1, 0.15) is 12.3 Å². The number of hydrogen-bond acceptors (Lipinski definition) is 5. The van der Waals surface area contributed by atoms with Crippen LogP contribution in [0.15, 0.2) is 71.9 Å². The lowest BCUT2D eigenvalue weighted by molar-refractivity contribution is 0.0467. The van der Waals surface area contributed by atoms with Crippen LogP contribution in [0.5, 0.6) is 0 Å². The highest BCUT2D eigenvalue weighted by Crippen LogP contribution is 2.11. The predicted molar refractivity (Wildman–Crippen MR) is 98.9 cm³/mol. The Balaban J connectivity index is 1.50. The molecule has 0 unspecified atom stereocenters. The van der Waals surface area contributed by atoms with Gasteiger partial charge in [0.25, 0.3) is 5.56 Å². The lowest BCUT2D eigenvalue weighted by Crippen LogP contribution is -2.17. The van der Waals surface area contributed by atoms with Gasteiger partial charge in [0, 0.05) is 24.7 Å². The molecule has 0 radical (unpaired) electrons. The van der Waals surface area contributed by atoms with Gasteiger partial charge in [0.15, 0.2) is 0 Å². The van der Waals surface area contributed by atoms with E-state index < -0.39 is 5.97 Å². The molecule has 0 bridgehead atoms. The van der Waals surface area contributed by atoms with E-state index >= 15 is 0 Å². The minimum absolute atomic E-state index is 0.0696. The number of hydrogen-bond donors (Lipinski definition) is 0. The van der Waals surface area contributed by atoms with Gasteiger partial charge in [-0.1, -0.05) is 6.07 Å². The molecule has 0 atom stereocenters.